The largest absolute Gasteiger partial charge is 0.372 e. The number of fused-ring (bicyclic) bond motifs is 1. The summed E-state index contributed by atoms with van der Waals surface area (Å²) in [5, 5.41) is 11.4. The van der Waals surface area contributed by atoms with Gasteiger partial charge >= 0.3 is 0 Å². The molecular formula is C13H15F2N5O. The van der Waals surface area contributed by atoms with E-state index in [-0.39, 0.29) is 6.10 Å². The SMILES string of the molecule is C=CCOC1CCN(c2ccc3nnc(C(F)F)n3n2)C1. The third-order valence-corrected chi connectivity index (χ3v) is 3.39. The molecule has 1 aliphatic rings. The van der Waals surface area contributed by atoms with Crippen molar-refractivity contribution in [3.8, 4) is 0 Å². The fourth-order valence-corrected chi connectivity index (χ4v) is 2.38. The topological polar surface area (TPSA) is 55.5 Å². The summed E-state index contributed by atoms with van der Waals surface area (Å²) in [6, 6.07) is 3.40. The number of rotatable bonds is 5. The van der Waals surface area contributed by atoms with E-state index in [1.807, 2.05) is 4.90 Å². The molecule has 1 fully saturated rings. The van der Waals surface area contributed by atoms with Gasteiger partial charge in [0.25, 0.3) is 6.43 Å². The van der Waals surface area contributed by atoms with E-state index in [0.29, 0.717) is 24.6 Å². The van der Waals surface area contributed by atoms with Gasteiger partial charge in [0, 0.05) is 13.1 Å². The average molecular weight is 295 g/mol. The molecule has 1 unspecified atom stereocenters. The fraction of sp³-hybridized carbons (Fsp3) is 0.462. The van der Waals surface area contributed by atoms with Crippen LogP contribution in [-0.4, -0.2) is 45.6 Å². The number of nitrogens with zero attached hydrogens (tertiary/aromatic N) is 5. The van der Waals surface area contributed by atoms with Crippen LogP contribution in [0.4, 0.5) is 14.6 Å². The second-order valence-corrected chi connectivity index (χ2v) is 4.80. The van der Waals surface area contributed by atoms with Crippen LogP contribution in [0.1, 0.15) is 18.7 Å². The van der Waals surface area contributed by atoms with Gasteiger partial charge < -0.3 is 9.64 Å². The zero-order chi connectivity index (χ0) is 14.8. The molecule has 0 spiro atoms. The Morgan fingerprint density at radius 2 is 2.29 bits per heavy atom. The first-order chi connectivity index (χ1) is 10.2. The Hall–Kier alpha value is -2.09. The van der Waals surface area contributed by atoms with E-state index >= 15 is 0 Å². The van der Waals surface area contributed by atoms with E-state index in [1.54, 1.807) is 18.2 Å². The van der Waals surface area contributed by atoms with Crippen LogP contribution in [0.15, 0.2) is 24.8 Å². The highest BCUT2D eigenvalue weighted by Gasteiger charge is 2.25. The first kappa shape index (κ1) is 13.9. The quantitative estimate of drug-likeness (QED) is 0.788. The molecule has 1 aliphatic heterocycles. The molecule has 2 aromatic heterocycles. The molecule has 0 aliphatic carbocycles. The molecule has 0 radical (unpaired) electrons. The minimum atomic E-state index is -2.70. The van der Waals surface area contributed by atoms with Crippen LogP contribution in [-0.2, 0) is 4.74 Å². The van der Waals surface area contributed by atoms with Gasteiger partial charge in [-0.15, -0.1) is 21.9 Å². The van der Waals surface area contributed by atoms with Crippen LogP contribution in [0.25, 0.3) is 5.65 Å². The molecule has 3 heterocycles. The number of alkyl halides is 2. The Morgan fingerprint density at radius 1 is 1.43 bits per heavy atom. The molecule has 0 amide bonds. The summed E-state index contributed by atoms with van der Waals surface area (Å²) in [5.74, 6) is 0.180. The van der Waals surface area contributed by atoms with Gasteiger partial charge in [0.1, 0.15) is 5.82 Å². The fourth-order valence-electron chi connectivity index (χ4n) is 2.38. The van der Waals surface area contributed by atoms with Crippen molar-refractivity contribution < 1.29 is 13.5 Å². The van der Waals surface area contributed by atoms with Gasteiger partial charge in [-0.05, 0) is 18.6 Å². The molecule has 1 saturated heterocycles. The molecule has 1 atom stereocenters. The molecule has 6 nitrogen and oxygen atoms in total. The van der Waals surface area contributed by atoms with Crippen LogP contribution >= 0.6 is 0 Å². The van der Waals surface area contributed by atoms with Crippen molar-refractivity contribution in [1.82, 2.24) is 19.8 Å². The first-order valence-corrected chi connectivity index (χ1v) is 6.67. The van der Waals surface area contributed by atoms with Gasteiger partial charge in [0.05, 0.1) is 12.7 Å². The molecule has 0 saturated carbocycles. The van der Waals surface area contributed by atoms with Gasteiger partial charge in [-0.25, -0.2) is 8.78 Å². The van der Waals surface area contributed by atoms with Crippen LogP contribution in [0.5, 0.6) is 0 Å². The molecule has 0 bridgehead atoms. The third kappa shape index (κ3) is 2.71. The second-order valence-electron chi connectivity index (χ2n) is 4.80. The molecule has 2 aromatic rings. The Bertz CT molecular complexity index is 645. The summed E-state index contributed by atoms with van der Waals surface area (Å²) >= 11 is 0. The summed E-state index contributed by atoms with van der Waals surface area (Å²) in [6.07, 6.45) is -0.0165. The standard InChI is InChI=1S/C13H15F2N5O/c1-2-7-21-9-5-6-19(8-9)11-4-3-10-16-17-13(12(14)15)20(10)18-11/h2-4,9,12H,1,5-8H2. The maximum atomic E-state index is 12.8. The van der Waals surface area contributed by atoms with Crippen molar-refractivity contribution in [2.75, 3.05) is 24.6 Å². The number of hydrogen-bond acceptors (Lipinski definition) is 5. The molecule has 0 aromatic carbocycles. The van der Waals surface area contributed by atoms with Crippen molar-refractivity contribution in [3.05, 3.63) is 30.6 Å². The Labute approximate surface area is 120 Å². The number of aromatic nitrogens is 4. The molecule has 8 heteroatoms. The van der Waals surface area contributed by atoms with Crippen LogP contribution < -0.4 is 4.90 Å². The van der Waals surface area contributed by atoms with Crippen molar-refractivity contribution in [1.29, 1.82) is 0 Å². The van der Waals surface area contributed by atoms with Crippen molar-refractivity contribution in [3.63, 3.8) is 0 Å². The van der Waals surface area contributed by atoms with E-state index in [2.05, 4.69) is 21.9 Å². The van der Waals surface area contributed by atoms with Crippen LogP contribution in [0, 0.1) is 0 Å². The monoisotopic (exact) mass is 295 g/mol. The van der Waals surface area contributed by atoms with Gasteiger partial charge in [0.2, 0.25) is 5.82 Å². The predicted octanol–water partition coefficient (Wildman–Crippen LogP) is 1.84. The van der Waals surface area contributed by atoms with E-state index < -0.39 is 12.2 Å². The van der Waals surface area contributed by atoms with Crippen LogP contribution in [0.2, 0.25) is 0 Å². The Kier molecular flexibility index (Phi) is 3.78. The van der Waals surface area contributed by atoms with Gasteiger partial charge in [-0.3, -0.25) is 0 Å². The van der Waals surface area contributed by atoms with Crippen molar-refractivity contribution in [2.24, 2.45) is 0 Å². The summed E-state index contributed by atoms with van der Waals surface area (Å²) in [7, 11) is 0. The van der Waals surface area contributed by atoms with Gasteiger partial charge in [-0.2, -0.15) is 4.52 Å². The normalized spacial score (nSPS) is 18.8. The van der Waals surface area contributed by atoms with Crippen LogP contribution in [0.3, 0.4) is 0 Å². The number of anilines is 1. The smallest absolute Gasteiger partial charge is 0.299 e. The Morgan fingerprint density at radius 3 is 3.05 bits per heavy atom. The molecule has 21 heavy (non-hydrogen) atoms. The Balaban J connectivity index is 1.81. The highest BCUT2D eigenvalue weighted by atomic mass is 19.3. The number of hydrogen-bond donors (Lipinski definition) is 0. The minimum absolute atomic E-state index is 0.107. The highest BCUT2D eigenvalue weighted by Crippen LogP contribution is 2.22. The van der Waals surface area contributed by atoms with E-state index in [1.165, 1.54) is 0 Å². The maximum Gasteiger partial charge on any atom is 0.299 e. The third-order valence-electron chi connectivity index (χ3n) is 3.39. The summed E-state index contributed by atoms with van der Waals surface area (Å²) in [4.78, 5) is 2.00. The number of ether oxygens (including phenoxy) is 1. The zero-order valence-electron chi connectivity index (χ0n) is 11.3. The summed E-state index contributed by atoms with van der Waals surface area (Å²) < 4.78 is 32.4. The molecule has 0 N–H and O–H groups in total. The molecular weight excluding hydrogens is 280 g/mol. The summed E-state index contributed by atoms with van der Waals surface area (Å²) in [5.41, 5.74) is 0.313. The maximum absolute atomic E-state index is 12.8. The first-order valence-electron chi connectivity index (χ1n) is 6.67. The zero-order valence-corrected chi connectivity index (χ0v) is 11.3. The van der Waals surface area contributed by atoms with Gasteiger partial charge in [0.15, 0.2) is 5.65 Å². The van der Waals surface area contributed by atoms with Crippen molar-refractivity contribution in [2.45, 2.75) is 19.0 Å². The van der Waals surface area contributed by atoms with Gasteiger partial charge in [-0.1, -0.05) is 6.08 Å². The lowest BCUT2D eigenvalue weighted by atomic mass is 10.3. The lowest BCUT2D eigenvalue weighted by Crippen LogP contribution is -2.24. The van der Waals surface area contributed by atoms with Crippen molar-refractivity contribution >= 4 is 11.5 Å². The molecule has 3 rings (SSSR count). The minimum Gasteiger partial charge on any atom is -0.372 e. The second kappa shape index (κ2) is 5.72. The lowest BCUT2D eigenvalue weighted by molar-refractivity contribution is 0.0908. The van der Waals surface area contributed by atoms with E-state index in [0.717, 1.165) is 17.5 Å². The average Bonchev–Trinajstić information content (AvgIpc) is 3.11. The highest BCUT2D eigenvalue weighted by molar-refractivity contribution is 5.46. The number of halogens is 2. The van der Waals surface area contributed by atoms with E-state index in [4.69, 9.17) is 4.74 Å². The predicted molar refractivity (Wildman–Crippen MR) is 72.5 cm³/mol. The molecule has 112 valence electrons. The van der Waals surface area contributed by atoms with E-state index in [9.17, 15) is 8.78 Å². The summed E-state index contributed by atoms with van der Waals surface area (Å²) in [6.45, 7) is 5.57. The lowest BCUT2D eigenvalue weighted by Gasteiger charge is -2.17.